The first-order valence-corrected chi connectivity index (χ1v) is 15.1. The quantitative estimate of drug-likeness (QED) is 0.172. The van der Waals surface area contributed by atoms with Gasteiger partial charge in [0, 0.05) is 43.3 Å². The van der Waals surface area contributed by atoms with E-state index in [2.05, 4.69) is 102 Å². The average molecular weight is 616 g/mol. The Labute approximate surface area is 263 Å². The maximum absolute atomic E-state index is 9.55. The zero-order chi connectivity index (χ0) is 32.2. The Morgan fingerprint density at radius 2 is 1.47 bits per heavy atom. The summed E-state index contributed by atoms with van der Waals surface area (Å²) in [6.45, 7) is 10.0. The van der Waals surface area contributed by atoms with E-state index in [0.717, 1.165) is 50.4 Å². The van der Waals surface area contributed by atoms with Crippen LogP contribution in [0.25, 0.3) is 5.65 Å². The van der Waals surface area contributed by atoms with Crippen LogP contribution >= 0.6 is 0 Å². The number of aliphatic carboxylic acids is 2. The summed E-state index contributed by atoms with van der Waals surface area (Å²) < 4.78 is 14.2. The number of benzene rings is 2. The smallest absolute Gasteiger partial charge is 0.328 e. The molecule has 2 aromatic carbocycles. The summed E-state index contributed by atoms with van der Waals surface area (Å²) in [4.78, 5) is 26.2. The molecule has 0 radical (unpaired) electrons. The van der Waals surface area contributed by atoms with E-state index in [1.165, 1.54) is 11.1 Å². The normalized spacial score (nSPS) is 14.4. The van der Waals surface area contributed by atoms with Gasteiger partial charge >= 0.3 is 11.9 Å². The molecule has 0 unspecified atom stereocenters. The molecule has 0 bridgehead atoms. The van der Waals surface area contributed by atoms with E-state index in [9.17, 15) is 9.59 Å². The molecule has 11 nitrogen and oxygen atoms in total. The summed E-state index contributed by atoms with van der Waals surface area (Å²) in [7, 11) is 0. The molecule has 1 saturated heterocycles. The Bertz CT molecular complexity index is 1490. The molecule has 2 aromatic heterocycles. The lowest BCUT2D eigenvalue weighted by atomic mass is 9.96. The monoisotopic (exact) mass is 615 g/mol. The van der Waals surface area contributed by atoms with Crippen LogP contribution in [0.1, 0.15) is 63.1 Å². The first-order valence-electron chi connectivity index (χ1n) is 15.1. The van der Waals surface area contributed by atoms with Gasteiger partial charge in [-0.2, -0.15) is 0 Å². The lowest BCUT2D eigenvalue weighted by Gasteiger charge is -2.34. The van der Waals surface area contributed by atoms with Gasteiger partial charge in [-0.05, 0) is 36.5 Å². The topological polar surface area (TPSA) is 139 Å². The van der Waals surface area contributed by atoms with Crippen LogP contribution in [-0.4, -0.2) is 79.2 Å². The first kappa shape index (κ1) is 33.3. The molecule has 238 valence electrons. The number of carboxylic acid groups (broad SMARTS) is 2. The van der Waals surface area contributed by atoms with Gasteiger partial charge in [-0.1, -0.05) is 81.4 Å². The number of hydrogen-bond donors (Lipinski definition) is 2. The molecule has 0 spiro atoms. The Hall–Kier alpha value is -4.61. The van der Waals surface area contributed by atoms with Gasteiger partial charge in [0.25, 0.3) is 0 Å². The van der Waals surface area contributed by atoms with Crippen LogP contribution in [0.2, 0.25) is 0 Å². The van der Waals surface area contributed by atoms with Gasteiger partial charge in [0.1, 0.15) is 6.10 Å². The zero-order valence-electron chi connectivity index (χ0n) is 26.0. The highest BCUT2D eigenvalue weighted by atomic mass is 16.5. The van der Waals surface area contributed by atoms with Crippen molar-refractivity contribution in [2.24, 2.45) is 0 Å². The average Bonchev–Trinajstić information content (AvgIpc) is 3.47. The van der Waals surface area contributed by atoms with Crippen molar-refractivity contribution in [1.29, 1.82) is 0 Å². The van der Waals surface area contributed by atoms with Crippen molar-refractivity contribution in [3.8, 4) is 5.88 Å². The Balaban J connectivity index is 0.000000510. The second kappa shape index (κ2) is 15.9. The van der Waals surface area contributed by atoms with Crippen LogP contribution < -0.4 is 4.74 Å². The Kier molecular flexibility index (Phi) is 11.8. The SMILES string of the molecule is CC(C)(C)c1nc2ccc(OCCCN3CCC(OC(c4ccccc4)c4ccccc4)CC3)nn2n1.O=C(O)/C=C/C(=O)O. The molecule has 1 aliphatic rings. The molecular weight excluding hydrogens is 574 g/mol. The third kappa shape index (κ3) is 10.5. The van der Waals surface area contributed by atoms with Crippen molar-refractivity contribution in [1.82, 2.24) is 24.7 Å². The lowest BCUT2D eigenvalue weighted by molar-refractivity contribution is -0.134. The van der Waals surface area contributed by atoms with E-state index >= 15 is 0 Å². The van der Waals surface area contributed by atoms with Crippen molar-refractivity contribution < 1.29 is 29.3 Å². The molecule has 0 atom stereocenters. The number of piperidine rings is 1. The van der Waals surface area contributed by atoms with Gasteiger partial charge in [0.05, 0.1) is 12.7 Å². The molecule has 0 amide bonds. The standard InChI is InChI=1S/C30H37N5O2.C4H4O4/c1-30(2,3)29-31-26-15-16-27(32-35(26)33-29)36-22-10-19-34-20-17-25(18-21-34)37-28(23-11-6-4-7-12-23)24-13-8-5-9-14-24;5-3(6)1-2-4(7)8/h4-9,11-16,25,28H,10,17-22H2,1-3H3;1-2H,(H,5,6)(H,7,8)/b;2-1+. The number of carboxylic acids is 2. The number of carbonyl (C=O) groups is 2. The largest absolute Gasteiger partial charge is 0.478 e. The number of fused-ring (bicyclic) bond motifs is 1. The fraction of sp³-hybridized carbons (Fsp3) is 0.382. The molecule has 2 N–H and O–H groups in total. The highest BCUT2D eigenvalue weighted by Gasteiger charge is 2.25. The van der Waals surface area contributed by atoms with Crippen molar-refractivity contribution in [3.63, 3.8) is 0 Å². The molecule has 5 rings (SSSR count). The van der Waals surface area contributed by atoms with Crippen molar-refractivity contribution in [2.45, 2.75) is 57.7 Å². The van der Waals surface area contributed by atoms with Crippen LogP contribution in [0.4, 0.5) is 0 Å². The molecule has 1 aliphatic heterocycles. The van der Waals surface area contributed by atoms with Crippen LogP contribution in [0.15, 0.2) is 84.9 Å². The third-order valence-electron chi connectivity index (χ3n) is 7.16. The number of likely N-dealkylation sites (tertiary alicyclic amines) is 1. The second-order valence-electron chi connectivity index (χ2n) is 11.8. The van der Waals surface area contributed by atoms with Crippen LogP contribution in [0, 0.1) is 0 Å². The van der Waals surface area contributed by atoms with Crippen molar-refractivity contribution in [3.05, 3.63) is 102 Å². The van der Waals surface area contributed by atoms with Gasteiger partial charge in [-0.15, -0.1) is 14.8 Å². The van der Waals surface area contributed by atoms with E-state index in [1.807, 2.05) is 12.1 Å². The lowest BCUT2D eigenvalue weighted by Crippen LogP contribution is -2.38. The van der Waals surface area contributed by atoms with E-state index in [4.69, 9.17) is 19.7 Å². The van der Waals surface area contributed by atoms with Gasteiger partial charge in [-0.3, -0.25) is 0 Å². The number of nitrogens with zero attached hydrogens (tertiary/aromatic N) is 5. The van der Waals surface area contributed by atoms with Crippen molar-refractivity contribution in [2.75, 3.05) is 26.2 Å². The zero-order valence-corrected chi connectivity index (χ0v) is 26.0. The van der Waals surface area contributed by atoms with Gasteiger partial charge in [0.2, 0.25) is 5.88 Å². The maximum Gasteiger partial charge on any atom is 0.328 e. The molecule has 4 aromatic rings. The fourth-order valence-corrected chi connectivity index (χ4v) is 4.84. The molecule has 11 heteroatoms. The van der Waals surface area contributed by atoms with Crippen molar-refractivity contribution >= 4 is 17.6 Å². The van der Waals surface area contributed by atoms with Gasteiger partial charge < -0.3 is 24.6 Å². The number of rotatable bonds is 11. The predicted octanol–water partition coefficient (Wildman–Crippen LogP) is 5.17. The van der Waals surface area contributed by atoms with Crippen LogP contribution in [0.3, 0.4) is 0 Å². The summed E-state index contributed by atoms with van der Waals surface area (Å²) >= 11 is 0. The van der Waals surface area contributed by atoms with E-state index in [1.54, 1.807) is 4.63 Å². The molecule has 3 heterocycles. The van der Waals surface area contributed by atoms with Crippen LogP contribution in [-0.2, 0) is 19.7 Å². The van der Waals surface area contributed by atoms with Gasteiger partial charge in [0.15, 0.2) is 11.5 Å². The molecule has 0 saturated carbocycles. The number of ether oxygens (including phenoxy) is 2. The molecule has 1 fully saturated rings. The van der Waals surface area contributed by atoms with E-state index in [0.29, 0.717) is 24.6 Å². The summed E-state index contributed by atoms with van der Waals surface area (Å²) in [5.41, 5.74) is 3.04. The minimum Gasteiger partial charge on any atom is -0.478 e. The number of hydrogen-bond acceptors (Lipinski definition) is 8. The van der Waals surface area contributed by atoms with Crippen LogP contribution in [0.5, 0.6) is 5.88 Å². The summed E-state index contributed by atoms with van der Waals surface area (Å²) in [6, 6.07) is 24.9. The Morgan fingerprint density at radius 3 is 2.00 bits per heavy atom. The van der Waals surface area contributed by atoms with E-state index in [-0.39, 0.29) is 17.6 Å². The Morgan fingerprint density at radius 1 is 0.889 bits per heavy atom. The highest BCUT2D eigenvalue weighted by molar-refractivity contribution is 5.89. The molecule has 45 heavy (non-hydrogen) atoms. The minimum absolute atomic E-state index is 0.0262. The fourth-order valence-electron chi connectivity index (χ4n) is 4.84. The second-order valence-corrected chi connectivity index (χ2v) is 11.8. The third-order valence-corrected chi connectivity index (χ3v) is 7.16. The van der Waals surface area contributed by atoms with Gasteiger partial charge in [-0.25, -0.2) is 14.6 Å². The minimum atomic E-state index is -1.26. The van der Waals surface area contributed by atoms with E-state index < -0.39 is 11.9 Å². The maximum atomic E-state index is 9.55. The molecular formula is C34H41N5O6. The summed E-state index contributed by atoms with van der Waals surface area (Å²) in [6.07, 6.45) is 4.38. The first-order chi connectivity index (χ1) is 21.6. The highest BCUT2D eigenvalue weighted by Crippen LogP contribution is 2.30. The predicted molar refractivity (Wildman–Crippen MR) is 169 cm³/mol. The summed E-state index contributed by atoms with van der Waals surface area (Å²) in [5.74, 6) is -1.15. The molecule has 0 aliphatic carbocycles. The number of aromatic nitrogens is 4. The summed E-state index contributed by atoms with van der Waals surface area (Å²) in [5, 5.41) is 24.6.